The van der Waals surface area contributed by atoms with Gasteiger partial charge in [-0.25, -0.2) is 0 Å². The minimum atomic E-state index is -0.186. The van der Waals surface area contributed by atoms with Gasteiger partial charge in [-0.3, -0.25) is 4.79 Å². The molecular weight excluding hydrogens is 270 g/mol. The maximum Gasteiger partial charge on any atom is 0.307 e. The standard InChI is InChI=1S/C12H16BrNO2/c1-9(6-12(15)16-2)14-8-10-4-3-5-11(13)7-10/h3-5,7,9,14H,6,8H2,1-2H3. The van der Waals surface area contributed by atoms with Crippen molar-refractivity contribution in [3.8, 4) is 0 Å². The van der Waals surface area contributed by atoms with Crippen LogP contribution in [-0.4, -0.2) is 19.1 Å². The predicted molar refractivity (Wildman–Crippen MR) is 67.1 cm³/mol. The van der Waals surface area contributed by atoms with Gasteiger partial charge in [0, 0.05) is 17.1 Å². The van der Waals surface area contributed by atoms with Gasteiger partial charge in [0.1, 0.15) is 0 Å². The largest absolute Gasteiger partial charge is 0.469 e. The maximum atomic E-state index is 11.0. The van der Waals surface area contributed by atoms with Crippen molar-refractivity contribution in [1.29, 1.82) is 0 Å². The van der Waals surface area contributed by atoms with E-state index < -0.39 is 0 Å². The zero-order chi connectivity index (χ0) is 12.0. The summed E-state index contributed by atoms with van der Waals surface area (Å²) in [5, 5.41) is 3.27. The highest BCUT2D eigenvalue weighted by Crippen LogP contribution is 2.11. The zero-order valence-corrected chi connectivity index (χ0v) is 11.1. The number of ether oxygens (including phenoxy) is 1. The quantitative estimate of drug-likeness (QED) is 0.845. The van der Waals surface area contributed by atoms with Crippen LogP contribution in [0.25, 0.3) is 0 Å². The molecule has 4 heteroatoms. The van der Waals surface area contributed by atoms with Crippen molar-refractivity contribution in [2.45, 2.75) is 25.9 Å². The van der Waals surface area contributed by atoms with Gasteiger partial charge in [-0.15, -0.1) is 0 Å². The molecule has 0 aliphatic carbocycles. The van der Waals surface area contributed by atoms with Gasteiger partial charge >= 0.3 is 5.97 Å². The Hall–Kier alpha value is -0.870. The first-order valence-corrected chi connectivity index (χ1v) is 5.95. The van der Waals surface area contributed by atoms with Gasteiger partial charge in [-0.1, -0.05) is 28.1 Å². The molecule has 88 valence electrons. The van der Waals surface area contributed by atoms with Gasteiger partial charge in [0.15, 0.2) is 0 Å². The van der Waals surface area contributed by atoms with E-state index in [0.717, 1.165) is 11.0 Å². The second-order valence-corrected chi connectivity index (χ2v) is 4.61. The molecule has 0 spiro atoms. The van der Waals surface area contributed by atoms with Crippen LogP contribution in [0.5, 0.6) is 0 Å². The topological polar surface area (TPSA) is 38.3 Å². The van der Waals surface area contributed by atoms with Gasteiger partial charge in [0.2, 0.25) is 0 Å². The summed E-state index contributed by atoms with van der Waals surface area (Å²) in [6.07, 6.45) is 0.393. The van der Waals surface area contributed by atoms with Crippen LogP contribution in [0.3, 0.4) is 0 Å². The second kappa shape index (κ2) is 6.66. The fraction of sp³-hybridized carbons (Fsp3) is 0.417. The molecule has 0 amide bonds. The van der Waals surface area contributed by atoms with Crippen molar-refractivity contribution in [3.63, 3.8) is 0 Å². The lowest BCUT2D eigenvalue weighted by Gasteiger charge is -2.12. The number of esters is 1. The highest BCUT2D eigenvalue weighted by Gasteiger charge is 2.08. The van der Waals surface area contributed by atoms with Crippen molar-refractivity contribution in [1.82, 2.24) is 5.32 Å². The van der Waals surface area contributed by atoms with E-state index in [2.05, 4.69) is 32.0 Å². The summed E-state index contributed by atoms with van der Waals surface area (Å²) in [7, 11) is 1.41. The molecule has 0 saturated heterocycles. The minimum Gasteiger partial charge on any atom is -0.469 e. The first-order chi connectivity index (χ1) is 7.61. The molecule has 1 rings (SSSR count). The van der Waals surface area contributed by atoms with Gasteiger partial charge in [0.05, 0.1) is 13.5 Å². The molecule has 16 heavy (non-hydrogen) atoms. The summed E-state index contributed by atoms with van der Waals surface area (Å²) in [6, 6.07) is 8.19. The monoisotopic (exact) mass is 285 g/mol. The Balaban J connectivity index is 2.37. The number of rotatable bonds is 5. The molecule has 1 aromatic carbocycles. The van der Waals surface area contributed by atoms with E-state index in [1.54, 1.807) is 0 Å². The summed E-state index contributed by atoms with van der Waals surface area (Å²) in [5.74, 6) is -0.186. The molecule has 1 atom stereocenters. The van der Waals surface area contributed by atoms with Gasteiger partial charge in [-0.2, -0.15) is 0 Å². The lowest BCUT2D eigenvalue weighted by atomic mass is 10.2. The van der Waals surface area contributed by atoms with Gasteiger partial charge < -0.3 is 10.1 Å². The lowest BCUT2D eigenvalue weighted by molar-refractivity contribution is -0.141. The molecule has 3 nitrogen and oxygen atoms in total. The minimum absolute atomic E-state index is 0.117. The smallest absolute Gasteiger partial charge is 0.307 e. The van der Waals surface area contributed by atoms with Crippen LogP contribution in [0.4, 0.5) is 0 Å². The predicted octanol–water partition coefficient (Wildman–Crippen LogP) is 2.49. The van der Waals surface area contributed by atoms with Crippen molar-refractivity contribution < 1.29 is 9.53 Å². The second-order valence-electron chi connectivity index (χ2n) is 3.69. The molecule has 0 fully saturated rings. The molecule has 1 N–H and O–H groups in total. The highest BCUT2D eigenvalue weighted by atomic mass is 79.9. The molecule has 0 aliphatic heterocycles. The number of hydrogen-bond donors (Lipinski definition) is 1. The number of carbonyl (C=O) groups excluding carboxylic acids is 1. The highest BCUT2D eigenvalue weighted by molar-refractivity contribution is 9.10. The number of nitrogens with one attached hydrogen (secondary N) is 1. The number of benzene rings is 1. The van der Waals surface area contributed by atoms with Crippen LogP contribution >= 0.6 is 15.9 Å². The van der Waals surface area contributed by atoms with E-state index in [0.29, 0.717) is 6.42 Å². The first-order valence-electron chi connectivity index (χ1n) is 5.16. The third-order valence-electron chi connectivity index (χ3n) is 2.24. The molecule has 0 heterocycles. The summed E-state index contributed by atoms with van der Waals surface area (Å²) in [4.78, 5) is 11.0. The van der Waals surface area contributed by atoms with Crippen LogP contribution in [0.1, 0.15) is 18.9 Å². The molecule has 0 aromatic heterocycles. The van der Waals surface area contributed by atoms with Gasteiger partial charge in [-0.05, 0) is 24.6 Å². The first kappa shape index (κ1) is 13.2. The van der Waals surface area contributed by atoms with Crippen molar-refractivity contribution in [3.05, 3.63) is 34.3 Å². The van der Waals surface area contributed by atoms with E-state index in [1.807, 2.05) is 25.1 Å². The fourth-order valence-electron chi connectivity index (χ4n) is 1.34. The molecule has 0 radical (unpaired) electrons. The third-order valence-corrected chi connectivity index (χ3v) is 2.74. The van der Waals surface area contributed by atoms with Crippen LogP contribution in [-0.2, 0) is 16.1 Å². The summed E-state index contributed by atoms with van der Waals surface area (Å²) in [6.45, 7) is 2.71. The summed E-state index contributed by atoms with van der Waals surface area (Å²) in [5.41, 5.74) is 1.19. The van der Waals surface area contributed by atoms with Crippen LogP contribution in [0.15, 0.2) is 28.7 Å². The lowest BCUT2D eigenvalue weighted by Crippen LogP contribution is -2.28. The van der Waals surface area contributed by atoms with E-state index in [-0.39, 0.29) is 12.0 Å². The SMILES string of the molecule is COC(=O)CC(C)NCc1cccc(Br)c1. The van der Waals surface area contributed by atoms with E-state index in [4.69, 9.17) is 0 Å². The molecule has 0 saturated carbocycles. The number of carbonyl (C=O) groups is 1. The van der Waals surface area contributed by atoms with Crippen molar-refractivity contribution >= 4 is 21.9 Å². The van der Waals surface area contributed by atoms with Crippen LogP contribution in [0.2, 0.25) is 0 Å². The van der Waals surface area contributed by atoms with E-state index in [1.165, 1.54) is 12.7 Å². The Kier molecular flexibility index (Phi) is 5.49. The van der Waals surface area contributed by atoms with E-state index >= 15 is 0 Å². The Morgan fingerprint density at radius 1 is 1.56 bits per heavy atom. The third kappa shape index (κ3) is 4.77. The Labute approximate surface area is 104 Å². The molecule has 1 aromatic rings. The van der Waals surface area contributed by atoms with Gasteiger partial charge in [0.25, 0.3) is 0 Å². The van der Waals surface area contributed by atoms with Crippen molar-refractivity contribution in [2.24, 2.45) is 0 Å². The zero-order valence-electron chi connectivity index (χ0n) is 9.50. The van der Waals surface area contributed by atoms with Crippen LogP contribution in [0, 0.1) is 0 Å². The molecule has 0 aliphatic rings. The Morgan fingerprint density at radius 3 is 2.94 bits per heavy atom. The Bertz CT molecular complexity index is 355. The summed E-state index contributed by atoms with van der Waals surface area (Å²) >= 11 is 3.42. The normalized spacial score (nSPS) is 12.2. The van der Waals surface area contributed by atoms with E-state index in [9.17, 15) is 4.79 Å². The number of methoxy groups -OCH3 is 1. The molecule has 1 unspecified atom stereocenters. The number of hydrogen-bond acceptors (Lipinski definition) is 3. The molecular formula is C12H16BrNO2. The summed E-state index contributed by atoms with van der Waals surface area (Å²) < 4.78 is 5.67. The van der Waals surface area contributed by atoms with Crippen LogP contribution < -0.4 is 5.32 Å². The number of halogens is 1. The molecule has 0 bridgehead atoms. The maximum absolute atomic E-state index is 11.0. The Morgan fingerprint density at radius 2 is 2.31 bits per heavy atom. The fourth-order valence-corrected chi connectivity index (χ4v) is 1.79. The van der Waals surface area contributed by atoms with Crippen molar-refractivity contribution in [2.75, 3.05) is 7.11 Å². The average molecular weight is 286 g/mol. The average Bonchev–Trinajstić information content (AvgIpc) is 2.26.